The van der Waals surface area contributed by atoms with Gasteiger partial charge < -0.3 is 9.88 Å². The van der Waals surface area contributed by atoms with Gasteiger partial charge in [0.1, 0.15) is 23.8 Å². The zero-order valence-corrected chi connectivity index (χ0v) is 11.2. The van der Waals surface area contributed by atoms with Gasteiger partial charge in [-0.25, -0.2) is 8.78 Å². The fourth-order valence-electron chi connectivity index (χ4n) is 1.50. The van der Waals surface area contributed by atoms with Gasteiger partial charge in [-0.1, -0.05) is 0 Å². The minimum absolute atomic E-state index is 0.00606. The first-order chi connectivity index (χ1) is 8.59. The van der Waals surface area contributed by atoms with Crippen molar-refractivity contribution >= 4 is 15.9 Å². The highest BCUT2D eigenvalue weighted by Gasteiger charge is 2.12. The molecular formula is C11H11BrF2N4. The molecule has 0 unspecified atom stereocenters. The van der Waals surface area contributed by atoms with Gasteiger partial charge in [0.25, 0.3) is 0 Å². The average Bonchev–Trinajstić information content (AvgIpc) is 2.74. The van der Waals surface area contributed by atoms with Crippen molar-refractivity contribution in [3.63, 3.8) is 0 Å². The number of halogens is 3. The van der Waals surface area contributed by atoms with E-state index in [0.29, 0.717) is 12.4 Å². The van der Waals surface area contributed by atoms with Crippen molar-refractivity contribution in [2.24, 2.45) is 7.05 Å². The van der Waals surface area contributed by atoms with Crippen LogP contribution >= 0.6 is 15.9 Å². The molecule has 0 fully saturated rings. The Bertz CT molecular complexity index is 556. The molecule has 1 aromatic heterocycles. The molecule has 0 aliphatic rings. The lowest BCUT2D eigenvalue weighted by Crippen LogP contribution is -2.17. The fourth-order valence-corrected chi connectivity index (χ4v) is 1.87. The third-order valence-corrected chi connectivity index (χ3v) is 3.14. The summed E-state index contributed by atoms with van der Waals surface area (Å²) < 4.78 is 29.1. The third kappa shape index (κ3) is 2.73. The van der Waals surface area contributed by atoms with Crippen LogP contribution in [0.15, 0.2) is 22.9 Å². The Balaban J connectivity index is 2.03. The highest BCUT2D eigenvalue weighted by atomic mass is 79.9. The number of aryl methyl sites for hydroxylation is 1. The normalized spacial score (nSPS) is 10.9. The highest BCUT2D eigenvalue weighted by molar-refractivity contribution is 9.10. The van der Waals surface area contributed by atoms with E-state index < -0.39 is 11.6 Å². The molecule has 0 radical (unpaired) electrons. The van der Waals surface area contributed by atoms with Crippen LogP contribution in [0.2, 0.25) is 0 Å². The Labute approximate surface area is 111 Å². The molecule has 0 saturated heterocycles. The summed E-state index contributed by atoms with van der Waals surface area (Å²) in [5, 5.41) is 10.5. The lowest BCUT2D eigenvalue weighted by Gasteiger charge is -2.08. The minimum Gasteiger partial charge on any atom is -0.320 e. The Morgan fingerprint density at radius 1 is 1.33 bits per heavy atom. The van der Waals surface area contributed by atoms with Gasteiger partial charge in [-0.15, -0.1) is 10.2 Å². The number of rotatable bonds is 4. The Morgan fingerprint density at radius 2 is 2.11 bits per heavy atom. The van der Waals surface area contributed by atoms with E-state index >= 15 is 0 Å². The van der Waals surface area contributed by atoms with Crippen molar-refractivity contribution < 1.29 is 8.78 Å². The first-order valence-electron chi connectivity index (χ1n) is 5.25. The summed E-state index contributed by atoms with van der Waals surface area (Å²) in [7, 11) is 1.80. The lowest BCUT2D eigenvalue weighted by molar-refractivity contribution is 0.526. The zero-order valence-electron chi connectivity index (χ0n) is 9.62. The van der Waals surface area contributed by atoms with E-state index in [1.807, 2.05) is 0 Å². The van der Waals surface area contributed by atoms with Crippen LogP contribution in [0.5, 0.6) is 0 Å². The van der Waals surface area contributed by atoms with E-state index in [0.717, 1.165) is 0 Å². The van der Waals surface area contributed by atoms with Gasteiger partial charge in [0.15, 0.2) is 0 Å². The first kappa shape index (κ1) is 13.1. The molecule has 0 aliphatic carbocycles. The Morgan fingerprint density at radius 3 is 2.78 bits per heavy atom. The van der Waals surface area contributed by atoms with Crippen LogP contribution in [0.4, 0.5) is 8.78 Å². The van der Waals surface area contributed by atoms with Gasteiger partial charge in [0, 0.05) is 19.2 Å². The summed E-state index contributed by atoms with van der Waals surface area (Å²) in [6.07, 6.45) is 1.57. The summed E-state index contributed by atoms with van der Waals surface area (Å²) in [4.78, 5) is 0. The second-order valence-electron chi connectivity index (χ2n) is 3.78. The second-order valence-corrected chi connectivity index (χ2v) is 4.64. The number of hydrogen-bond donors (Lipinski definition) is 1. The summed E-state index contributed by atoms with van der Waals surface area (Å²) in [5.41, 5.74) is 0.00606. The molecule has 4 nitrogen and oxygen atoms in total. The maximum absolute atomic E-state index is 13.6. The van der Waals surface area contributed by atoms with Gasteiger partial charge >= 0.3 is 0 Å². The maximum Gasteiger partial charge on any atom is 0.146 e. The fraction of sp³-hybridized carbons (Fsp3) is 0.273. The van der Waals surface area contributed by atoms with E-state index in [4.69, 9.17) is 0 Å². The molecule has 96 valence electrons. The molecule has 0 saturated carbocycles. The van der Waals surface area contributed by atoms with Gasteiger partial charge in [-0.2, -0.15) is 0 Å². The van der Waals surface area contributed by atoms with E-state index in [9.17, 15) is 8.78 Å². The van der Waals surface area contributed by atoms with Gasteiger partial charge in [0.05, 0.1) is 11.0 Å². The van der Waals surface area contributed by atoms with Crippen molar-refractivity contribution in [3.05, 3.63) is 46.0 Å². The minimum atomic E-state index is -0.583. The van der Waals surface area contributed by atoms with Crippen molar-refractivity contribution in [3.8, 4) is 0 Å². The molecule has 0 aliphatic heterocycles. The highest BCUT2D eigenvalue weighted by Crippen LogP contribution is 2.21. The Kier molecular flexibility index (Phi) is 4.03. The molecule has 1 aromatic carbocycles. The molecule has 1 heterocycles. The van der Waals surface area contributed by atoms with E-state index in [-0.39, 0.29) is 16.6 Å². The molecule has 2 aromatic rings. The van der Waals surface area contributed by atoms with Crippen LogP contribution in [0.1, 0.15) is 11.4 Å². The van der Waals surface area contributed by atoms with E-state index in [2.05, 4.69) is 31.4 Å². The maximum atomic E-state index is 13.6. The summed E-state index contributed by atoms with van der Waals surface area (Å²) in [6, 6.07) is 2.57. The number of nitrogens with one attached hydrogen (secondary N) is 1. The van der Waals surface area contributed by atoms with Crippen LogP contribution in [0.25, 0.3) is 0 Å². The largest absolute Gasteiger partial charge is 0.320 e. The van der Waals surface area contributed by atoms with Crippen molar-refractivity contribution in [2.75, 3.05) is 0 Å². The SMILES string of the molecule is Cn1cnnc1CNCc1c(F)ccc(Br)c1F. The smallest absolute Gasteiger partial charge is 0.146 e. The second kappa shape index (κ2) is 5.53. The summed E-state index contributed by atoms with van der Waals surface area (Å²) in [6.45, 7) is 0.478. The summed E-state index contributed by atoms with van der Waals surface area (Å²) >= 11 is 3.03. The quantitative estimate of drug-likeness (QED) is 0.879. The molecule has 1 N–H and O–H groups in total. The molecule has 2 rings (SSSR count). The van der Waals surface area contributed by atoms with Crippen LogP contribution in [0, 0.1) is 11.6 Å². The lowest BCUT2D eigenvalue weighted by atomic mass is 10.2. The van der Waals surface area contributed by atoms with Gasteiger partial charge in [-0.3, -0.25) is 0 Å². The van der Waals surface area contributed by atoms with Crippen LogP contribution in [-0.4, -0.2) is 14.8 Å². The van der Waals surface area contributed by atoms with Gasteiger partial charge in [0.2, 0.25) is 0 Å². The number of nitrogens with zero attached hydrogens (tertiary/aromatic N) is 3. The number of benzene rings is 1. The number of aromatic nitrogens is 3. The van der Waals surface area contributed by atoms with Crippen LogP contribution < -0.4 is 5.32 Å². The number of hydrogen-bond acceptors (Lipinski definition) is 3. The first-order valence-corrected chi connectivity index (χ1v) is 6.05. The third-order valence-electron chi connectivity index (χ3n) is 2.53. The van der Waals surface area contributed by atoms with Gasteiger partial charge in [-0.05, 0) is 28.1 Å². The van der Waals surface area contributed by atoms with Crippen molar-refractivity contribution in [2.45, 2.75) is 13.1 Å². The van der Waals surface area contributed by atoms with Crippen molar-refractivity contribution in [1.82, 2.24) is 20.1 Å². The summed E-state index contributed by atoms with van der Waals surface area (Å²) in [5.74, 6) is -0.451. The molecule has 7 heteroatoms. The monoisotopic (exact) mass is 316 g/mol. The van der Waals surface area contributed by atoms with Crippen molar-refractivity contribution in [1.29, 1.82) is 0 Å². The van der Waals surface area contributed by atoms with Crippen LogP contribution in [0.3, 0.4) is 0 Å². The standard InChI is InChI=1S/C11H11BrF2N4/c1-18-6-16-17-10(18)5-15-4-7-9(13)3-2-8(12)11(7)14/h2-3,6,15H,4-5H2,1H3. The molecule has 0 spiro atoms. The van der Waals surface area contributed by atoms with Crippen LogP contribution in [-0.2, 0) is 20.1 Å². The molecule has 0 amide bonds. The average molecular weight is 317 g/mol. The zero-order chi connectivity index (χ0) is 13.1. The predicted octanol–water partition coefficient (Wildman–Crippen LogP) is 2.15. The molecular weight excluding hydrogens is 306 g/mol. The van der Waals surface area contributed by atoms with E-state index in [1.165, 1.54) is 12.1 Å². The molecule has 0 bridgehead atoms. The Hall–Kier alpha value is -1.34. The topological polar surface area (TPSA) is 42.7 Å². The molecule has 18 heavy (non-hydrogen) atoms. The van der Waals surface area contributed by atoms with E-state index in [1.54, 1.807) is 17.9 Å². The molecule has 0 atom stereocenters. The predicted molar refractivity (Wildman–Crippen MR) is 65.6 cm³/mol.